The Kier molecular flexibility index (Phi) is 7.95. The van der Waals surface area contributed by atoms with Crippen molar-refractivity contribution in [2.45, 2.75) is 51.4 Å². The Labute approximate surface area is 139 Å². The fraction of sp³-hybridized carbons (Fsp3) is 0.632. The molecule has 0 saturated heterocycles. The molecule has 0 spiro atoms. The van der Waals surface area contributed by atoms with Crippen LogP contribution in [0.4, 0.5) is 0 Å². The molecule has 0 heterocycles. The molecule has 1 aliphatic carbocycles. The summed E-state index contributed by atoms with van der Waals surface area (Å²) in [6.07, 6.45) is 8.93. The molecule has 2 rings (SSSR count). The van der Waals surface area contributed by atoms with E-state index in [2.05, 4.69) is 29.6 Å². The fourth-order valence-corrected chi connectivity index (χ4v) is 3.13. The third-order valence-corrected chi connectivity index (χ3v) is 4.53. The highest BCUT2D eigenvalue weighted by Gasteiger charge is 2.14. The second-order valence-electron chi connectivity index (χ2n) is 6.43. The zero-order valence-corrected chi connectivity index (χ0v) is 13.9. The van der Waals surface area contributed by atoms with Gasteiger partial charge in [-0.2, -0.15) is 0 Å². The summed E-state index contributed by atoms with van der Waals surface area (Å²) in [5.74, 6) is 1.09. The van der Waals surface area contributed by atoms with Crippen LogP contribution in [0.1, 0.15) is 50.5 Å². The van der Waals surface area contributed by atoms with Crippen LogP contribution in [-0.2, 0) is 11.2 Å². The molecule has 0 aromatic heterocycles. The maximum atomic E-state index is 10.4. The van der Waals surface area contributed by atoms with Crippen molar-refractivity contribution < 1.29 is 14.6 Å². The summed E-state index contributed by atoms with van der Waals surface area (Å²) in [6, 6.07) is 8.37. The number of ether oxygens (including phenoxy) is 1. The van der Waals surface area contributed by atoms with Crippen LogP contribution in [0, 0.1) is 5.92 Å². The number of carboxylic acid groups (broad SMARTS) is 1. The summed E-state index contributed by atoms with van der Waals surface area (Å²) < 4.78 is 5.83. The maximum Gasteiger partial charge on any atom is 0.304 e. The molecule has 4 heteroatoms. The zero-order valence-electron chi connectivity index (χ0n) is 13.9. The van der Waals surface area contributed by atoms with Gasteiger partial charge < -0.3 is 15.2 Å². The predicted octanol–water partition coefficient (Wildman–Crippen LogP) is 3.64. The van der Waals surface area contributed by atoms with Crippen LogP contribution in [0.2, 0.25) is 0 Å². The Morgan fingerprint density at radius 2 is 1.91 bits per heavy atom. The van der Waals surface area contributed by atoms with Crippen molar-refractivity contribution in [2.24, 2.45) is 5.92 Å². The molecule has 1 aromatic carbocycles. The number of aryl methyl sites for hydroxylation is 1. The van der Waals surface area contributed by atoms with Crippen molar-refractivity contribution in [2.75, 3.05) is 19.7 Å². The Bertz CT molecular complexity index is 452. The number of carbonyl (C=O) groups is 1. The van der Waals surface area contributed by atoms with E-state index >= 15 is 0 Å². The van der Waals surface area contributed by atoms with Crippen LogP contribution in [0.15, 0.2) is 24.3 Å². The number of nitrogens with one attached hydrogen (secondary N) is 1. The van der Waals surface area contributed by atoms with Crippen LogP contribution < -0.4 is 10.1 Å². The lowest BCUT2D eigenvalue weighted by Gasteiger charge is -2.11. The molecular formula is C19H29NO3. The minimum Gasteiger partial charge on any atom is -0.494 e. The molecule has 0 aliphatic heterocycles. The summed E-state index contributed by atoms with van der Waals surface area (Å²) >= 11 is 0. The topological polar surface area (TPSA) is 58.6 Å². The molecule has 1 aliphatic rings. The van der Waals surface area contributed by atoms with Gasteiger partial charge in [0, 0.05) is 6.54 Å². The van der Waals surface area contributed by atoms with E-state index in [9.17, 15) is 4.79 Å². The van der Waals surface area contributed by atoms with E-state index in [0.29, 0.717) is 6.54 Å². The van der Waals surface area contributed by atoms with Crippen LogP contribution in [0.3, 0.4) is 0 Å². The average Bonchev–Trinajstić information content (AvgIpc) is 3.05. The first-order valence-electron chi connectivity index (χ1n) is 8.88. The van der Waals surface area contributed by atoms with Gasteiger partial charge in [-0.3, -0.25) is 4.79 Å². The fourth-order valence-electron chi connectivity index (χ4n) is 3.13. The van der Waals surface area contributed by atoms with Gasteiger partial charge >= 0.3 is 5.97 Å². The first-order chi connectivity index (χ1) is 11.2. The first kappa shape index (κ1) is 17.8. The second kappa shape index (κ2) is 10.3. The van der Waals surface area contributed by atoms with Gasteiger partial charge in [0.2, 0.25) is 0 Å². The van der Waals surface area contributed by atoms with E-state index in [0.717, 1.165) is 37.7 Å². The SMILES string of the molecule is O=C(O)CCNCCCc1ccc(OCCC2CCCC2)cc1. The molecule has 4 nitrogen and oxygen atoms in total. The number of hydrogen-bond acceptors (Lipinski definition) is 3. The molecule has 23 heavy (non-hydrogen) atoms. The highest BCUT2D eigenvalue weighted by atomic mass is 16.5. The Hall–Kier alpha value is -1.55. The van der Waals surface area contributed by atoms with E-state index in [4.69, 9.17) is 9.84 Å². The van der Waals surface area contributed by atoms with Crippen molar-refractivity contribution in [1.29, 1.82) is 0 Å². The van der Waals surface area contributed by atoms with Gasteiger partial charge in [-0.1, -0.05) is 37.8 Å². The Morgan fingerprint density at radius 1 is 1.17 bits per heavy atom. The molecule has 0 atom stereocenters. The van der Waals surface area contributed by atoms with Crippen molar-refractivity contribution >= 4 is 5.97 Å². The van der Waals surface area contributed by atoms with Crippen molar-refractivity contribution in [3.8, 4) is 5.75 Å². The maximum absolute atomic E-state index is 10.4. The monoisotopic (exact) mass is 319 g/mol. The van der Waals surface area contributed by atoms with Gasteiger partial charge in [0.05, 0.1) is 13.0 Å². The molecule has 0 unspecified atom stereocenters. The first-order valence-corrected chi connectivity index (χ1v) is 8.88. The summed E-state index contributed by atoms with van der Waals surface area (Å²) in [5.41, 5.74) is 1.30. The summed E-state index contributed by atoms with van der Waals surface area (Å²) in [6.45, 7) is 2.23. The lowest BCUT2D eigenvalue weighted by molar-refractivity contribution is -0.136. The largest absolute Gasteiger partial charge is 0.494 e. The second-order valence-corrected chi connectivity index (χ2v) is 6.43. The standard InChI is InChI=1S/C19H29NO3/c21-19(22)11-14-20-13-3-6-17-7-9-18(10-8-17)23-15-12-16-4-1-2-5-16/h7-10,16,20H,1-6,11-15H2,(H,21,22). The van der Waals surface area contributed by atoms with E-state index in [1.165, 1.54) is 37.7 Å². The molecule has 128 valence electrons. The van der Waals surface area contributed by atoms with Crippen LogP contribution in [0.5, 0.6) is 5.75 Å². The van der Waals surface area contributed by atoms with Crippen molar-refractivity contribution in [3.05, 3.63) is 29.8 Å². The summed E-state index contributed by atoms with van der Waals surface area (Å²) in [4.78, 5) is 10.4. The third-order valence-electron chi connectivity index (χ3n) is 4.53. The van der Waals surface area contributed by atoms with E-state index in [-0.39, 0.29) is 6.42 Å². The molecule has 1 fully saturated rings. The normalized spacial score (nSPS) is 15.0. The average molecular weight is 319 g/mol. The molecule has 2 N–H and O–H groups in total. The number of carboxylic acids is 1. The van der Waals surface area contributed by atoms with Gasteiger partial charge in [-0.05, 0) is 49.4 Å². The number of aliphatic carboxylic acids is 1. The van der Waals surface area contributed by atoms with Gasteiger partial charge in [0.15, 0.2) is 0 Å². The smallest absolute Gasteiger partial charge is 0.304 e. The highest BCUT2D eigenvalue weighted by Crippen LogP contribution is 2.27. The third kappa shape index (κ3) is 7.51. The van der Waals surface area contributed by atoms with Crippen LogP contribution in [-0.4, -0.2) is 30.8 Å². The number of hydrogen-bond donors (Lipinski definition) is 2. The number of rotatable bonds is 11. The number of benzene rings is 1. The van der Waals surface area contributed by atoms with Crippen molar-refractivity contribution in [1.82, 2.24) is 5.32 Å². The lowest BCUT2D eigenvalue weighted by Crippen LogP contribution is -2.19. The summed E-state index contributed by atoms with van der Waals surface area (Å²) in [5, 5.41) is 11.7. The minimum atomic E-state index is -0.749. The molecule has 0 amide bonds. The quantitative estimate of drug-likeness (QED) is 0.611. The van der Waals surface area contributed by atoms with Crippen molar-refractivity contribution in [3.63, 3.8) is 0 Å². The van der Waals surface area contributed by atoms with Gasteiger partial charge in [-0.25, -0.2) is 0 Å². The molecule has 1 aromatic rings. The molecular weight excluding hydrogens is 290 g/mol. The minimum absolute atomic E-state index is 0.187. The van der Waals surface area contributed by atoms with E-state index in [1.807, 2.05) is 0 Å². The lowest BCUT2D eigenvalue weighted by atomic mass is 10.1. The van der Waals surface area contributed by atoms with Crippen LogP contribution in [0.25, 0.3) is 0 Å². The molecule has 1 saturated carbocycles. The Morgan fingerprint density at radius 3 is 2.61 bits per heavy atom. The molecule has 0 bridgehead atoms. The summed E-state index contributed by atoms with van der Waals surface area (Å²) in [7, 11) is 0. The predicted molar refractivity (Wildman–Crippen MR) is 92.0 cm³/mol. The van der Waals surface area contributed by atoms with E-state index < -0.39 is 5.97 Å². The van der Waals surface area contributed by atoms with E-state index in [1.54, 1.807) is 0 Å². The Balaban J connectivity index is 1.55. The zero-order chi connectivity index (χ0) is 16.3. The van der Waals surface area contributed by atoms with Gasteiger partial charge in [-0.15, -0.1) is 0 Å². The van der Waals surface area contributed by atoms with Crippen LogP contribution >= 0.6 is 0 Å². The van der Waals surface area contributed by atoms with Gasteiger partial charge in [0.1, 0.15) is 5.75 Å². The van der Waals surface area contributed by atoms with Gasteiger partial charge in [0.25, 0.3) is 0 Å². The molecule has 0 radical (unpaired) electrons. The highest BCUT2D eigenvalue weighted by molar-refractivity contribution is 5.66.